The van der Waals surface area contributed by atoms with Gasteiger partial charge < -0.3 is 59.4 Å². The van der Waals surface area contributed by atoms with Gasteiger partial charge in [0.1, 0.15) is 36.6 Å². The van der Waals surface area contributed by atoms with Gasteiger partial charge in [0.05, 0.1) is 73.8 Å². The number of aromatic nitrogens is 4. The zero-order chi connectivity index (χ0) is 62.0. The highest BCUT2D eigenvalue weighted by atomic mass is 16.6. The first-order chi connectivity index (χ1) is 42.0. The van der Waals surface area contributed by atoms with E-state index >= 15 is 0 Å². The Bertz CT molecular complexity index is 3550. The van der Waals surface area contributed by atoms with Crippen molar-refractivity contribution in [2.45, 2.75) is 88.8 Å². The fraction of sp³-hybridized carbons (Fsp3) is 0.393. The van der Waals surface area contributed by atoms with Crippen molar-refractivity contribution in [3.63, 3.8) is 0 Å². The molecule has 0 radical (unpaired) electrons. The average Bonchev–Trinajstić information content (AvgIpc) is 1.62. The number of aryl methyl sites for hydroxylation is 2. The van der Waals surface area contributed by atoms with E-state index in [0.717, 1.165) is 5.56 Å². The lowest BCUT2D eigenvalue weighted by molar-refractivity contribution is -0.151. The molecule has 0 bridgehead atoms. The first kappa shape index (κ1) is 63.3. The van der Waals surface area contributed by atoms with Crippen LogP contribution in [0.25, 0.3) is 11.2 Å². The molecule has 5 aromatic rings. The third-order valence-corrected chi connectivity index (χ3v) is 14.4. The molecule has 1 spiro atoms. The van der Waals surface area contributed by atoms with Gasteiger partial charge in [-0.3, -0.25) is 48.1 Å². The van der Waals surface area contributed by atoms with Gasteiger partial charge in [-0.25, -0.2) is 14.8 Å². The number of anilines is 1. The van der Waals surface area contributed by atoms with Crippen molar-refractivity contribution in [2.24, 2.45) is 11.8 Å². The van der Waals surface area contributed by atoms with Crippen LogP contribution >= 0.6 is 0 Å². The fourth-order valence-corrected chi connectivity index (χ4v) is 9.99. The van der Waals surface area contributed by atoms with E-state index in [1.54, 1.807) is 54.6 Å². The molecule has 3 aromatic carbocycles. The highest BCUT2D eigenvalue weighted by Gasteiger charge is 2.58. The lowest BCUT2D eigenvalue weighted by atomic mass is 9.71. The van der Waals surface area contributed by atoms with E-state index in [9.17, 15) is 53.1 Å². The van der Waals surface area contributed by atoms with Crippen LogP contribution in [0.3, 0.4) is 0 Å². The summed E-state index contributed by atoms with van der Waals surface area (Å²) in [5.74, 6) is -7.76. The third-order valence-electron chi connectivity index (χ3n) is 14.4. The summed E-state index contributed by atoms with van der Waals surface area (Å²) in [5.41, 5.74) is 6.07. The number of ketones is 1. The molecule has 4 atom stereocenters. The molecule has 3 aliphatic rings. The standard InChI is InChI=1S/C61H65N7O19/c1-80-27-29-82-49(71)21-23-51(73)84-39-16-18-42-46(32-39)86-47-33-40(85-52(74)24-22-50(72)83-30-28-81-2)17-19-43(47)61(42)44-8-6-7-41(53(44)59(79)87-61)56(75)64-26-5-3-4-25-63-48(70)20-14-37(58(77)78)31-45(69)36-12-9-35(10-13-36)11-15-38-34-65-55-54(66-38)57(76)68-60(62)67-55/h6-10,12-13,16-19,32-34,37,39,42H,3-5,11,14-15,20-31H2,1-2H3,(H,63,70)(H,64,75)(H,77,78)(H3,62,65,67,68,76). The van der Waals surface area contributed by atoms with Crippen LogP contribution in [0.2, 0.25) is 0 Å². The predicted molar refractivity (Wildman–Crippen MR) is 305 cm³/mol. The van der Waals surface area contributed by atoms with Crippen molar-refractivity contribution in [3.8, 4) is 11.5 Å². The maximum atomic E-state index is 14.2. The van der Waals surface area contributed by atoms with Crippen LogP contribution in [0.15, 0.2) is 95.6 Å². The molecular formula is C61H65N7O19. The van der Waals surface area contributed by atoms with Crippen molar-refractivity contribution in [1.29, 1.82) is 0 Å². The molecule has 8 rings (SSSR count). The maximum absolute atomic E-state index is 14.2. The van der Waals surface area contributed by atoms with Gasteiger partial charge in [0, 0.05) is 62.9 Å². The molecule has 2 aromatic heterocycles. The van der Waals surface area contributed by atoms with Crippen molar-refractivity contribution in [3.05, 3.63) is 140 Å². The number of Topliss-reactive ketones (excluding diaryl/α,β-unsaturated/α-hetero) is 1. The number of unbranched alkanes of at least 4 members (excludes halogenated alkanes) is 2. The number of esters is 5. The number of hydrogen-bond donors (Lipinski definition) is 5. The quantitative estimate of drug-likeness (QED) is 0.0102. The van der Waals surface area contributed by atoms with Gasteiger partial charge in [-0.05, 0) is 74.4 Å². The Balaban J connectivity index is 0.830. The normalized spacial score (nSPS) is 16.4. The summed E-state index contributed by atoms with van der Waals surface area (Å²) in [7, 11) is 2.91. The molecule has 26 heteroatoms. The van der Waals surface area contributed by atoms with Crippen LogP contribution in [-0.2, 0) is 75.6 Å². The van der Waals surface area contributed by atoms with E-state index < -0.39 is 70.8 Å². The average molecular weight is 1200 g/mol. The van der Waals surface area contributed by atoms with Crippen LogP contribution in [0, 0.1) is 11.8 Å². The zero-order valence-corrected chi connectivity index (χ0v) is 47.8. The number of aromatic amines is 1. The minimum absolute atomic E-state index is 0.00569. The van der Waals surface area contributed by atoms with Gasteiger partial charge in [0.2, 0.25) is 11.9 Å². The van der Waals surface area contributed by atoms with Crippen molar-refractivity contribution in [1.82, 2.24) is 30.6 Å². The van der Waals surface area contributed by atoms with Crippen molar-refractivity contribution < 1.29 is 86.2 Å². The maximum Gasteiger partial charge on any atom is 0.340 e. The first-order valence-electron chi connectivity index (χ1n) is 28.2. The number of fused-ring (bicyclic) bond motifs is 7. The summed E-state index contributed by atoms with van der Waals surface area (Å²) < 4.78 is 43.8. The number of H-pyrrole nitrogens is 1. The smallest absolute Gasteiger partial charge is 0.340 e. The summed E-state index contributed by atoms with van der Waals surface area (Å²) >= 11 is 0. The SMILES string of the molecule is COCCOC(=O)CCC(=O)Oc1ccc2c(c1)OC1=CC(OC(=O)CCC(=O)OCCOC)C=CC1C21OC(=O)c2c(C(=O)NCCCCCNC(=O)CCC(CC(=O)c3ccc(CCc4cnc5nc(N)[nH]c(=O)c5n4)cc3)C(=O)O)cccc21. The Morgan fingerprint density at radius 2 is 1.47 bits per heavy atom. The largest absolute Gasteiger partial charge is 0.481 e. The molecule has 2 aliphatic heterocycles. The lowest BCUT2D eigenvalue weighted by Gasteiger charge is -2.43. The number of hydrogen-bond acceptors (Lipinski definition) is 22. The van der Waals surface area contributed by atoms with Crippen LogP contribution in [-0.4, -0.2) is 138 Å². The second-order valence-electron chi connectivity index (χ2n) is 20.4. The van der Waals surface area contributed by atoms with Gasteiger partial charge in [0.15, 0.2) is 22.5 Å². The number of carbonyl (C=O) groups is 9. The molecule has 1 aliphatic carbocycles. The molecular weight excluding hydrogens is 1130 g/mol. The summed E-state index contributed by atoms with van der Waals surface area (Å²) in [4.78, 5) is 143. The molecule has 0 fully saturated rings. The van der Waals surface area contributed by atoms with Crippen LogP contribution in [0.1, 0.15) is 118 Å². The minimum Gasteiger partial charge on any atom is -0.481 e. The molecule has 6 N–H and O–H groups in total. The van der Waals surface area contributed by atoms with E-state index in [1.165, 1.54) is 44.7 Å². The highest BCUT2D eigenvalue weighted by Crippen LogP contribution is 2.57. The molecule has 26 nitrogen and oxygen atoms in total. The first-order valence-corrected chi connectivity index (χ1v) is 28.2. The fourth-order valence-electron chi connectivity index (χ4n) is 9.99. The number of ether oxygens (including phenoxy) is 8. The number of nitrogens with two attached hydrogens (primary N) is 1. The second-order valence-corrected chi connectivity index (χ2v) is 20.4. The topological polar surface area (TPSA) is 369 Å². The van der Waals surface area contributed by atoms with E-state index in [0.29, 0.717) is 54.5 Å². The second kappa shape index (κ2) is 29.9. The number of nitrogen functional groups attached to an aromatic ring is 1. The van der Waals surface area contributed by atoms with Gasteiger partial charge in [-0.1, -0.05) is 42.5 Å². The zero-order valence-electron chi connectivity index (χ0n) is 47.8. The van der Waals surface area contributed by atoms with Gasteiger partial charge in [0.25, 0.3) is 11.5 Å². The molecule has 87 heavy (non-hydrogen) atoms. The summed E-state index contributed by atoms with van der Waals surface area (Å²) in [5, 5.41) is 15.6. The van der Waals surface area contributed by atoms with Crippen LogP contribution in [0.5, 0.6) is 11.5 Å². The number of nitrogens with one attached hydrogen (secondary N) is 3. The van der Waals surface area contributed by atoms with E-state index in [2.05, 4.69) is 30.6 Å². The van der Waals surface area contributed by atoms with E-state index in [1.807, 2.05) is 0 Å². The van der Waals surface area contributed by atoms with Crippen molar-refractivity contribution in [2.75, 3.05) is 59.5 Å². The number of amides is 2. The van der Waals surface area contributed by atoms with Crippen molar-refractivity contribution >= 4 is 70.5 Å². The van der Waals surface area contributed by atoms with Gasteiger partial charge in [-0.15, -0.1) is 0 Å². The highest BCUT2D eigenvalue weighted by molar-refractivity contribution is 6.08. The van der Waals surface area contributed by atoms with Crippen LogP contribution in [0.4, 0.5) is 5.95 Å². The third kappa shape index (κ3) is 16.4. The molecule has 0 saturated heterocycles. The summed E-state index contributed by atoms with van der Waals surface area (Å²) in [6, 6.07) is 15.9. The Morgan fingerprint density at radius 1 is 0.770 bits per heavy atom. The Hall–Kier alpha value is -9.69. The number of rotatable bonds is 31. The molecule has 458 valence electrons. The van der Waals surface area contributed by atoms with Gasteiger partial charge >= 0.3 is 35.8 Å². The number of carboxylic acids is 1. The van der Waals surface area contributed by atoms with E-state index in [-0.39, 0.29) is 142 Å². The van der Waals surface area contributed by atoms with Crippen LogP contribution < -0.4 is 31.4 Å². The molecule has 0 saturated carbocycles. The number of carboxylic acid groups (broad SMARTS) is 1. The van der Waals surface area contributed by atoms with E-state index in [4.69, 9.17) is 43.6 Å². The predicted octanol–water partition coefficient (Wildman–Crippen LogP) is 4.48. The number of benzene rings is 3. The number of carbonyl (C=O) groups excluding carboxylic acids is 8. The van der Waals surface area contributed by atoms with Gasteiger partial charge in [-0.2, -0.15) is 4.98 Å². The molecule has 2 amide bonds. The molecule has 4 unspecified atom stereocenters. The monoisotopic (exact) mass is 1200 g/mol. The lowest BCUT2D eigenvalue weighted by Crippen LogP contribution is -2.43. The number of nitrogens with zero attached hydrogens (tertiary/aromatic N) is 3. The Kier molecular flexibility index (Phi) is 21.8. The number of aliphatic carboxylic acids is 1. The number of methoxy groups -OCH3 is 2. The minimum atomic E-state index is -1.65. The summed E-state index contributed by atoms with van der Waals surface area (Å²) in [6.45, 7) is 0.895. The summed E-state index contributed by atoms with van der Waals surface area (Å²) in [6.07, 6.45) is 6.24. The Labute approximate surface area is 497 Å². The Morgan fingerprint density at radius 3 is 2.18 bits per heavy atom. The molecule has 4 heterocycles.